The van der Waals surface area contributed by atoms with E-state index in [-0.39, 0.29) is 29.6 Å². The predicted octanol–water partition coefficient (Wildman–Crippen LogP) is -0.375. The van der Waals surface area contributed by atoms with Gasteiger partial charge in [-0.3, -0.25) is 4.79 Å². The first-order valence-corrected chi connectivity index (χ1v) is 6.88. The second kappa shape index (κ2) is 5.67. The Bertz CT molecular complexity index is 523. The summed E-state index contributed by atoms with van der Waals surface area (Å²) in [4.78, 5) is 17.5. The minimum atomic E-state index is -3.04. The van der Waals surface area contributed by atoms with E-state index < -0.39 is 15.4 Å². The Labute approximate surface area is 99.1 Å². The van der Waals surface area contributed by atoms with Crippen LogP contribution in [0.2, 0.25) is 0 Å². The Morgan fingerprint density at radius 1 is 1.53 bits per heavy atom. The molecule has 7 nitrogen and oxygen atoms in total. The molecule has 0 unspecified atom stereocenters. The molecule has 0 fully saturated rings. The minimum Gasteiger partial charge on any atom is -0.489 e. The minimum absolute atomic E-state index is 0.0128. The van der Waals surface area contributed by atoms with Gasteiger partial charge >= 0.3 is 0 Å². The van der Waals surface area contributed by atoms with Crippen molar-refractivity contribution in [1.82, 2.24) is 9.97 Å². The first kappa shape index (κ1) is 13.5. The van der Waals surface area contributed by atoms with Crippen LogP contribution in [0.25, 0.3) is 0 Å². The number of sulfone groups is 1. The third-order valence-corrected chi connectivity index (χ3v) is 3.87. The fraction of sp³-hybridized carbons (Fsp3) is 0.556. The molecule has 0 amide bonds. The van der Waals surface area contributed by atoms with Gasteiger partial charge in [-0.05, 0) is 0 Å². The van der Waals surface area contributed by atoms with E-state index in [2.05, 4.69) is 15.3 Å². The molecule has 0 atom stereocenters. The quantitative estimate of drug-likeness (QED) is 0.724. The Morgan fingerprint density at radius 3 is 2.82 bits per heavy atom. The van der Waals surface area contributed by atoms with Gasteiger partial charge in [0.05, 0.1) is 19.2 Å². The summed E-state index contributed by atoms with van der Waals surface area (Å²) in [6.07, 6.45) is 1.22. The van der Waals surface area contributed by atoms with E-state index in [1.54, 1.807) is 6.92 Å². The van der Waals surface area contributed by atoms with Gasteiger partial charge in [-0.25, -0.2) is 13.4 Å². The van der Waals surface area contributed by atoms with Crippen LogP contribution in [-0.2, 0) is 9.84 Å². The number of H-pyrrole nitrogens is 1. The normalized spacial score (nSPS) is 11.2. The topological polar surface area (TPSA) is 101 Å². The van der Waals surface area contributed by atoms with Gasteiger partial charge in [0.25, 0.3) is 5.56 Å². The second-order valence-corrected chi connectivity index (χ2v) is 5.75. The molecule has 0 aliphatic carbocycles. The van der Waals surface area contributed by atoms with E-state index in [4.69, 9.17) is 4.74 Å². The highest BCUT2D eigenvalue weighted by molar-refractivity contribution is 7.91. The summed E-state index contributed by atoms with van der Waals surface area (Å²) < 4.78 is 27.4. The zero-order valence-electron chi connectivity index (χ0n) is 9.69. The van der Waals surface area contributed by atoms with Crippen LogP contribution >= 0.6 is 0 Å². The fourth-order valence-corrected chi connectivity index (χ4v) is 1.87. The second-order valence-electron chi connectivity index (χ2n) is 3.28. The molecule has 0 aromatic carbocycles. The summed E-state index contributed by atoms with van der Waals surface area (Å²) >= 11 is 0. The monoisotopic (exact) mass is 261 g/mol. The Balaban J connectivity index is 2.71. The molecule has 1 aromatic rings. The maximum Gasteiger partial charge on any atom is 0.295 e. The largest absolute Gasteiger partial charge is 0.489 e. The number of ether oxygens (including phenoxy) is 1. The molecule has 0 saturated carbocycles. The Kier molecular flexibility index (Phi) is 4.50. The van der Waals surface area contributed by atoms with Crippen LogP contribution in [-0.4, -0.2) is 43.5 Å². The van der Waals surface area contributed by atoms with Gasteiger partial charge in [0, 0.05) is 12.3 Å². The summed E-state index contributed by atoms with van der Waals surface area (Å²) in [5, 5.41) is 2.76. The first-order valence-electron chi connectivity index (χ1n) is 5.06. The molecule has 0 aliphatic rings. The van der Waals surface area contributed by atoms with Crippen molar-refractivity contribution in [2.24, 2.45) is 0 Å². The van der Waals surface area contributed by atoms with E-state index in [0.29, 0.717) is 0 Å². The van der Waals surface area contributed by atoms with Gasteiger partial charge in [-0.2, -0.15) is 0 Å². The van der Waals surface area contributed by atoms with Crippen LogP contribution < -0.4 is 15.6 Å². The highest BCUT2D eigenvalue weighted by Crippen LogP contribution is 2.13. The number of aromatic nitrogens is 2. The van der Waals surface area contributed by atoms with Crippen molar-refractivity contribution in [2.45, 2.75) is 6.92 Å². The lowest BCUT2D eigenvalue weighted by molar-refractivity contribution is 0.408. The van der Waals surface area contributed by atoms with Crippen LogP contribution in [0.1, 0.15) is 6.92 Å². The molecule has 0 aliphatic heterocycles. The molecule has 0 radical (unpaired) electrons. The van der Waals surface area contributed by atoms with Crippen molar-refractivity contribution >= 4 is 15.7 Å². The smallest absolute Gasteiger partial charge is 0.295 e. The number of nitrogens with one attached hydrogen (secondary N) is 2. The van der Waals surface area contributed by atoms with Crippen molar-refractivity contribution in [3.05, 3.63) is 16.7 Å². The molecule has 2 N–H and O–H groups in total. The molecule has 0 saturated heterocycles. The summed E-state index contributed by atoms with van der Waals surface area (Å²) in [5.74, 6) is 0.361. The van der Waals surface area contributed by atoms with Gasteiger partial charge in [-0.1, -0.05) is 6.92 Å². The van der Waals surface area contributed by atoms with E-state index in [9.17, 15) is 13.2 Å². The lowest BCUT2D eigenvalue weighted by atomic mass is 10.5. The highest BCUT2D eigenvalue weighted by atomic mass is 32.2. The molecular formula is C9H15N3O4S. The van der Waals surface area contributed by atoms with Crippen LogP contribution in [0.15, 0.2) is 11.1 Å². The number of methoxy groups -OCH3 is 1. The van der Waals surface area contributed by atoms with Crippen LogP contribution in [0, 0.1) is 0 Å². The van der Waals surface area contributed by atoms with Crippen LogP contribution in [0.4, 0.5) is 5.82 Å². The maximum atomic E-state index is 11.3. The Hall–Kier alpha value is -1.57. The van der Waals surface area contributed by atoms with Crippen molar-refractivity contribution in [1.29, 1.82) is 0 Å². The zero-order chi connectivity index (χ0) is 12.9. The first-order chi connectivity index (χ1) is 8.00. The number of rotatable bonds is 6. The number of nitrogens with zero attached hydrogens (tertiary/aromatic N) is 1. The molecule has 8 heteroatoms. The van der Waals surface area contributed by atoms with E-state index in [1.807, 2.05) is 0 Å². The molecule has 1 heterocycles. The van der Waals surface area contributed by atoms with Crippen molar-refractivity contribution in [2.75, 3.05) is 30.5 Å². The highest BCUT2D eigenvalue weighted by Gasteiger charge is 2.10. The Morgan fingerprint density at radius 2 is 2.24 bits per heavy atom. The standard InChI is InChI=1S/C9H15N3O4S/c1-3-17(14,15)5-4-10-8-7(16-2)9(13)12-6-11-8/h6H,3-5H2,1-2H3,(H2,10,11,12,13). The fourth-order valence-electron chi connectivity index (χ4n) is 1.17. The molecule has 1 rings (SSSR count). The summed E-state index contributed by atoms with van der Waals surface area (Å²) in [5.41, 5.74) is -0.414. The van der Waals surface area contributed by atoms with Gasteiger partial charge in [0.1, 0.15) is 0 Å². The molecule has 0 bridgehead atoms. The molecule has 96 valence electrons. The van der Waals surface area contributed by atoms with Gasteiger partial charge in [-0.15, -0.1) is 0 Å². The molecular weight excluding hydrogens is 246 g/mol. The molecule has 1 aromatic heterocycles. The molecule has 0 spiro atoms. The lowest BCUT2D eigenvalue weighted by Gasteiger charge is -2.08. The third kappa shape index (κ3) is 3.74. The predicted molar refractivity (Wildman–Crippen MR) is 64.2 cm³/mol. The SMILES string of the molecule is CCS(=O)(=O)CCNc1nc[nH]c(=O)c1OC. The summed E-state index contributed by atoms with van der Waals surface area (Å²) in [7, 11) is -1.69. The van der Waals surface area contributed by atoms with Crippen LogP contribution in [0.3, 0.4) is 0 Å². The average Bonchev–Trinajstić information content (AvgIpc) is 2.29. The number of hydrogen-bond acceptors (Lipinski definition) is 6. The molecule has 17 heavy (non-hydrogen) atoms. The van der Waals surface area contributed by atoms with Gasteiger partial charge in [0.15, 0.2) is 15.7 Å². The number of hydrogen-bond donors (Lipinski definition) is 2. The van der Waals surface area contributed by atoms with E-state index in [1.165, 1.54) is 13.4 Å². The van der Waals surface area contributed by atoms with E-state index >= 15 is 0 Å². The average molecular weight is 261 g/mol. The number of anilines is 1. The maximum absolute atomic E-state index is 11.3. The zero-order valence-corrected chi connectivity index (χ0v) is 10.5. The summed E-state index contributed by atoms with van der Waals surface area (Å²) in [6.45, 7) is 1.77. The van der Waals surface area contributed by atoms with Gasteiger partial charge < -0.3 is 15.0 Å². The lowest BCUT2D eigenvalue weighted by Crippen LogP contribution is -2.20. The van der Waals surface area contributed by atoms with Crippen molar-refractivity contribution in [3.63, 3.8) is 0 Å². The van der Waals surface area contributed by atoms with E-state index in [0.717, 1.165) is 0 Å². The van der Waals surface area contributed by atoms with Crippen molar-refractivity contribution < 1.29 is 13.2 Å². The van der Waals surface area contributed by atoms with Gasteiger partial charge in [0.2, 0.25) is 5.75 Å². The number of aromatic amines is 1. The third-order valence-electron chi connectivity index (χ3n) is 2.16. The van der Waals surface area contributed by atoms with Crippen molar-refractivity contribution in [3.8, 4) is 5.75 Å². The summed E-state index contributed by atoms with van der Waals surface area (Å²) in [6, 6.07) is 0. The van der Waals surface area contributed by atoms with Crippen LogP contribution in [0.5, 0.6) is 5.75 Å².